The summed E-state index contributed by atoms with van der Waals surface area (Å²) in [7, 11) is 0. The second-order valence-corrected chi connectivity index (χ2v) is 9.82. The molecule has 2 aliphatic rings. The van der Waals surface area contributed by atoms with Crippen LogP contribution in [-0.4, -0.2) is 80.8 Å². The minimum atomic E-state index is -0.290. The average molecular weight is 554 g/mol. The van der Waals surface area contributed by atoms with E-state index in [1.54, 1.807) is 34.7 Å². The molecule has 1 unspecified atom stereocenters. The average Bonchev–Trinajstić information content (AvgIpc) is 3.44. The van der Waals surface area contributed by atoms with Crippen molar-refractivity contribution in [2.24, 2.45) is 0 Å². The third-order valence-electron chi connectivity index (χ3n) is 7.20. The highest BCUT2D eigenvalue weighted by Gasteiger charge is 2.27. The zero-order chi connectivity index (χ0) is 28.2. The number of ether oxygens (including phenoxy) is 2. The second kappa shape index (κ2) is 11.8. The van der Waals surface area contributed by atoms with Crippen LogP contribution in [0.4, 0.5) is 16.4 Å². The number of pyridine rings is 2. The molecule has 0 spiro atoms. The predicted molar refractivity (Wildman–Crippen MR) is 153 cm³/mol. The van der Waals surface area contributed by atoms with Crippen LogP contribution < -0.4 is 5.32 Å². The van der Waals surface area contributed by atoms with Crippen molar-refractivity contribution >= 4 is 34.9 Å². The summed E-state index contributed by atoms with van der Waals surface area (Å²) in [6, 6.07) is 17.0. The van der Waals surface area contributed by atoms with Crippen LogP contribution >= 0.6 is 0 Å². The summed E-state index contributed by atoms with van der Waals surface area (Å²) in [6.45, 7) is 4.71. The van der Waals surface area contributed by atoms with Crippen LogP contribution in [0.25, 0.3) is 11.2 Å². The third-order valence-corrected chi connectivity index (χ3v) is 7.20. The summed E-state index contributed by atoms with van der Waals surface area (Å²) in [6.07, 6.45) is 5.81. The van der Waals surface area contributed by atoms with Crippen molar-refractivity contribution in [3.63, 3.8) is 0 Å². The Labute approximate surface area is 237 Å². The molecule has 4 aromatic rings. The van der Waals surface area contributed by atoms with Crippen LogP contribution in [0, 0.1) is 0 Å². The van der Waals surface area contributed by atoms with E-state index in [1.807, 2.05) is 59.6 Å². The summed E-state index contributed by atoms with van der Waals surface area (Å²) in [4.78, 5) is 37.9. The Balaban J connectivity index is 1.13. The van der Waals surface area contributed by atoms with Crippen LogP contribution in [0.5, 0.6) is 0 Å². The number of hydrogen-bond donors (Lipinski definition) is 1. The van der Waals surface area contributed by atoms with Crippen molar-refractivity contribution in [2.45, 2.75) is 19.4 Å². The van der Waals surface area contributed by atoms with Crippen LogP contribution in [0.2, 0.25) is 0 Å². The maximum absolute atomic E-state index is 13.2. The molecule has 1 fully saturated rings. The van der Waals surface area contributed by atoms with Crippen LogP contribution in [0.15, 0.2) is 73.1 Å². The molecule has 5 heterocycles. The normalized spacial score (nSPS) is 17.3. The molecule has 0 saturated carbocycles. The topological polar surface area (TPSA) is 114 Å². The quantitative estimate of drug-likeness (QED) is 0.375. The van der Waals surface area contributed by atoms with Crippen LogP contribution in [0.3, 0.4) is 0 Å². The van der Waals surface area contributed by atoms with Gasteiger partial charge in [0.1, 0.15) is 6.10 Å². The molecular formula is C30H31N7O4. The number of benzene rings is 1. The molecule has 6 rings (SSSR count). The molecule has 210 valence electrons. The Morgan fingerprint density at radius 3 is 2.71 bits per heavy atom. The number of nitrogens with zero attached hydrogens (tertiary/aromatic N) is 6. The number of carbonyl (C=O) groups is 2. The minimum absolute atomic E-state index is 0.0430. The fourth-order valence-electron chi connectivity index (χ4n) is 5.09. The van der Waals surface area contributed by atoms with E-state index in [0.29, 0.717) is 57.3 Å². The van der Waals surface area contributed by atoms with Crippen molar-refractivity contribution in [3.05, 3.63) is 89.9 Å². The smallest absolute Gasteiger partial charge is 0.410 e. The van der Waals surface area contributed by atoms with Gasteiger partial charge in [-0.1, -0.05) is 12.1 Å². The first kappa shape index (κ1) is 26.5. The highest BCUT2D eigenvalue weighted by atomic mass is 16.6. The van der Waals surface area contributed by atoms with Crippen LogP contribution in [0.1, 0.15) is 41.1 Å². The van der Waals surface area contributed by atoms with Crippen LogP contribution in [-0.2, 0) is 9.47 Å². The van der Waals surface area contributed by atoms with Gasteiger partial charge in [-0.05, 0) is 67.4 Å². The van der Waals surface area contributed by atoms with Crippen molar-refractivity contribution in [2.75, 3.05) is 44.7 Å². The van der Waals surface area contributed by atoms with Gasteiger partial charge in [-0.3, -0.25) is 9.78 Å². The molecule has 11 heteroatoms. The highest BCUT2D eigenvalue weighted by Crippen LogP contribution is 2.27. The largest absolute Gasteiger partial charge is 0.450 e. The van der Waals surface area contributed by atoms with Gasteiger partial charge in [0.25, 0.3) is 5.91 Å². The molecule has 11 nitrogen and oxygen atoms in total. The van der Waals surface area contributed by atoms with E-state index in [2.05, 4.69) is 15.4 Å². The predicted octanol–water partition coefficient (Wildman–Crippen LogP) is 4.33. The van der Waals surface area contributed by atoms with E-state index in [0.717, 1.165) is 28.2 Å². The summed E-state index contributed by atoms with van der Waals surface area (Å²) in [5.74, 6) is 0.408. The fourth-order valence-corrected chi connectivity index (χ4v) is 5.09. The summed E-state index contributed by atoms with van der Waals surface area (Å²) < 4.78 is 12.7. The zero-order valence-electron chi connectivity index (χ0n) is 22.8. The summed E-state index contributed by atoms with van der Waals surface area (Å²) in [5, 5.41) is 7.84. The Kier molecular flexibility index (Phi) is 7.59. The number of hydrogen-bond acceptors (Lipinski definition) is 8. The van der Waals surface area contributed by atoms with Gasteiger partial charge in [0, 0.05) is 48.8 Å². The molecule has 1 atom stereocenters. The van der Waals surface area contributed by atoms with Gasteiger partial charge in [0.05, 0.1) is 25.5 Å². The molecule has 1 saturated heterocycles. The zero-order valence-corrected chi connectivity index (χ0v) is 22.8. The van der Waals surface area contributed by atoms with Gasteiger partial charge >= 0.3 is 6.09 Å². The van der Waals surface area contributed by atoms with Crippen molar-refractivity contribution < 1.29 is 19.1 Å². The van der Waals surface area contributed by atoms with E-state index in [9.17, 15) is 9.59 Å². The number of anilines is 2. The lowest BCUT2D eigenvalue weighted by atomic mass is 10.0. The lowest BCUT2D eigenvalue weighted by Crippen LogP contribution is -2.42. The van der Waals surface area contributed by atoms with E-state index in [4.69, 9.17) is 14.5 Å². The van der Waals surface area contributed by atoms with Crippen molar-refractivity contribution in [3.8, 4) is 0 Å². The maximum Gasteiger partial charge on any atom is 0.410 e. The lowest BCUT2D eigenvalue weighted by Gasteiger charge is -2.32. The van der Waals surface area contributed by atoms with Crippen molar-refractivity contribution in [1.29, 1.82) is 0 Å². The number of nitrogens with one attached hydrogen (secondary N) is 1. The van der Waals surface area contributed by atoms with Gasteiger partial charge in [0.15, 0.2) is 5.65 Å². The molecular weight excluding hydrogens is 522 g/mol. The molecule has 0 bridgehead atoms. The summed E-state index contributed by atoms with van der Waals surface area (Å²) in [5.41, 5.74) is 5.02. The Bertz CT molecular complexity index is 1570. The first-order valence-electron chi connectivity index (χ1n) is 13.7. The SMILES string of the molecule is CCOC(=O)N1CC=C(c2cccn3nc(Nc4ccc(C(=O)N5CCOC(c6ccccn6)C5)cc4)nc23)CC1. The van der Waals surface area contributed by atoms with Gasteiger partial charge < -0.3 is 24.6 Å². The molecule has 41 heavy (non-hydrogen) atoms. The highest BCUT2D eigenvalue weighted by molar-refractivity contribution is 5.94. The number of aromatic nitrogens is 4. The monoisotopic (exact) mass is 553 g/mol. The first-order chi connectivity index (χ1) is 20.1. The Hall–Kier alpha value is -4.77. The Morgan fingerprint density at radius 2 is 1.95 bits per heavy atom. The number of amides is 2. The van der Waals surface area contributed by atoms with E-state index < -0.39 is 0 Å². The summed E-state index contributed by atoms with van der Waals surface area (Å²) >= 11 is 0. The van der Waals surface area contributed by atoms with Gasteiger partial charge in [-0.2, -0.15) is 4.98 Å². The molecule has 1 N–H and O–H groups in total. The molecule has 2 aliphatic heterocycles. The fraction of sp³-hybridized carbons (Fsp3) is 0.300. The number of morpholine rings is 1. The Morgan fingerprint density at radius 1 is 1.07 bits per heavy atom. The lowest BCUT2D eigenvalue weighted by molar-refractivity contribution is -0.0247. The van der Waals surface area contributed by atoms with Gasteiger partial charge in [-0.25, -0.2) is 9.31 Å². The van der Waals surface area contributed by atoms with Gasteiger partial charge in [-0.15, -0.1) is 5.10 Å². The second-order valence-electron chi connectivity index (χ2n) is 9.82. The first-order valence-corrected chi connectivity index (χ1v) is 13.7. The molecule has 2 amide bonds. The molecule has 0 radical (unpaired) electrons. The maximum atomic E-state index is 13.2. The van der Waals surface area contributed by atoms with E-state index >= 15 is 0 Å². The minimum Gasteiger partial charge on any atom is -0.450 e. The van der Waals surface area contributed by atoms with Gasteiger partial charge in [0.2, 0.25) is 5.95 Å². The standard InChI is InChI=1S/C30H31N7O4/c1-2-40-30(39)35-16-12-21(13-17-35)24-6-5-15-37-27(24)33-29(34-37)32-23-10-8-22(9-11-23)28(38)36-18-19-41-26(20-36)25-7-3-4-14-31-25/h3-12,14-15,26H,2,13,16-20H2,1H3,(H,32,34). The number of carbonyl (C=O) groups excluding carboxylic acids is 2. The molecule has 3 aromatic heterocycles. The van der Waals surface area contributed by atoms with E-state index in [1.165, 1.54) is 0 Å². The molecule has 1 aromatic carbocycles. The third kappa shape index (κ3) is 5.75. The van der Waals surface area contributed by atoms with E-state index in [-0.39, 0.29) is 18.1 Å². The number of fused-ring (bicyclic) bond motifs is 1. The molecule has 0 aliphatic carbocycles. The number of rotatable bonds is 6. The van der Waals surface area contributed by atoms with Crippen molar-refractivity contribution in [1.82, 2.24) is 29.4 Å².